The minimum atomic E-state index is -0.657. The van der Waals surface area contributed by atoms with Crippen LogP contribution < -0.4 is 4.90 Å². The van der Waals surface area contributed by atoms with Gasteiger partial charge >= 0.3 is 0 Å². The van der Waals surface area contributed by atoms with E-state index in [4.69, 9.17) is 0 Å². The summed E-state index contributed by atoms with van der Waals surface area (Å²) < 4.78 is 17.7. The van der Waals surface area contributed by atoms with E-state index in [2.05, 4.69) is 25.7 Å². The largest absolute Gasteiger partial charge is 0.359 e. The Balaban J connectivity index is 2.93. The van der Waals surface area contributed by atoms with Gasteiger partial charge in [0.25, 0.3) is 11.0 Å². The molecule has 0 bridgehead atoms. The fourth-order valence-electron chi connectivity index (χ4n) is 0.925. The standard InChI is InChI=1S/C6H2BrFN2O2/c7-3-1-4(8)6-5(2-3)9-12-10(6)11/h1-2H. The normalized spacial score (nSPS) is 10.8. The summed E-state index contributed by atoms with van der Waals surface area (Å²) in [6, 6.07) is 2.67. The molecule has 0 N–H and O–H groups in total. The third kappa shape index (κ3) is 0.953. The molecule has 1 aromatic carbocycles. The maximum atomic E-state index is 13.0. The summed E-state index contributed by atoms with van der Waals surface area (Å²) in [5.41, 5.74) is 0.00933. The molecule has 4 nitrogen and oxygen atoms in total. The van der Waals surface area contributed by atoms with Gasteiger partial charge in [0.1, 0.15) is 0 Å². The maximum absolute atomic E-state index is 13.0. The first-order valence-corrected chi connectivity index (χ1v) is 3.82. The highest BCUT2D eigenvalue weighted by Crippen LogP contribution is 2.18. The number of fused-ring (bicyclic) bond motifs is 1. The Kier molecular flexibility index (Phi) is 1.50. The van der Waals surface area contributed by atoms with Crippen LogP contribution in [0.5, 0.6) is 0 Å². The van der Waals surface area contributed by atoms with Crippen molar-refractivity contribution in [1.82, 2.24) is 5.16 Å². The molecule has 2 rings (SSSR count). The van der Waals surface area contributed by atoms with Gasteiger partial charge in [-0.05, 0) is 11.0 Å². The van der Waals surface area contributed by atoms with Gasteiger partial charge in [0.2, 0.25) is 0 Å². The van der Waals surface area contributed by atoms with Gasteiger partial charge in [-0.2, -0.15) is 0 Å². The summed E-state index contributed by atoms with van der Waals surface area (Å²) in [7, 11) is 0. The van der Waals surface area contributed by atoms with E-state index in [9.17, 15) is 9.60 Å². The van der Waals surface area contributed by atoms with Crippen molar-refractivity contribution < 1.29 is 13.9 Å². The molecule has 0 fully saturated rings. The average Bonchev–Trinajstić information content (AvgIpc) is 2.31. The number of hydrogen-bond donors (Lipinski definition) is 0. The first-order valence-electron chi connectivity index (χ1n) is 3.03. The van der Waals surface area contributed by atoms with Crippen molar-refractivity contribution in [3.63, 3.8) is 0 Å². The maximum Gasteiger partial charge on any atom is 0.261 e. The van der Waals surface area contributed by atoms with Crippen LogP contribution in [-0.4, -0.2) is 5.16 Å². The van der Waals surface area contributed by atoms with Crippen molar-refractivity contribution in [2.75, 3.05) is 0 Å². The lowest BCUT2D eigenvalue weighted by molar-refractivity contribution is -0.782. The molecule has 2 aromatic rings. The number of nitrogens with zero attached hydrogens (tertiary/aromatic N) is 2. The van der Waals surface area contributed by atoms with Gasteiger partial charge in [0, 0.05) is 15.7 Å². The third-order valence-electron chi connectivity index (χ3n) is 1.40. The van der Waals surface area contributed by atoms with Crippen LogP contribution in [0.4, 0.5) is 4.39 Å². The molecule has 0 atom stereocenters. The second kappa shape index (κ2) is 2.41. The van der Waals surface area contributed by atoms with Crippen molar-refractivity contribution >= 4 is 27.0 Å². The van der Waals surface area contributed by atoms with Crippen LogP contribution in [0, 0.1) is 11.0 Å². The first-order chi connectivity index (χ1) is 5.68. The molecule has 0 amide bonds. The van der Waals surface area contributed by atoms with E-state index in [-0.39, 0.29) is 15.9 Å². The van der Waals surface area contributed by atoms with Crippen LogP contribution in [0.2, 0.25) is 0 Å². The molecule has 0 radical (unpaired) electrons. The number of rotatable bonds is 0. The molecule has 0 spiro atoms. The molecule has 12 heavy (non-hydrogen) atoms. The lowest BCUT2D eigenvalue weighted by Crippen LogP contribution is -2.23. The van der Waals surface area contributed by atoms with E-state index in [1.54, 1.807) is 0 Å². The highest BCUT2D eigenvalue weighted by atomic mass is 79.9. The Morgan fingerprint density at radius 2 is 2.33 bits per heavy atom. The van der Waals surface area contributed by atoms with Crippen LogP contribution in [0.1, 0.15) is 0 Å². The van der Waals surface area contributed by atoms with Crippen LogP contribution in [0.3, 0.4) is 0 Å². The Morgan fingerprint density at radius 1 is 1.58 bits per heavy atom. The molecular weight excluding hydrogens is 231 g/mol. The molecule has 6 heteroatoms. The molecule has 0 aliphatic carbocycles. The van der Waals surface area contributed by atoms with E-state index in [1.165, 1.54) is 12.1 Å². The predicted molar refractivity (Wildman–Crippen MR) is 40.6 cm³/mol. The fraction of sp³-hybridized carbons (Fsp3) is 0. The van der Waals surface area contributed by atoms with Crippen LogP contribution in [0.15, 0.2) is 21.2 Å². The smallest absolute Gasteiger partial charge is 0.261 e. The monoisotopic (exact) mass is 232 g/mol. The van der Waals surface area contributed by atoms with Crippen LogP contribution >= 0.6 is 15.9 Å². The zero-order valence-electron chi connectivity index (χ0n) is 5.62. The average molecular weight is 233 g/mol. The number of aromatic nitrogens is 2. The molecule has 0 saturated carbocycles. The summed E-state index contributed by atoms with van der Waals surface area (Å²) in [6.45, 7) is 0. The zero-order valence-corrected chi connectivity index (χ0v) is 7.21. The Labute approximate surface area is 74.2 Å². The van der Waals surface area contributed by atoms with Crippen molar-refractivity contribution in [2.24, 2.45) is 0 Å². The van der Waals surface area contributed by atoms with Gasteiger partial charge in [-0.25, -0.2) is 4.39 Å². The van der Waals surface area contributed by atoms with Gasteiger partial charge in [0.15, 0.2) is 5.82 Å². The summed E-state index contributed by atoms with van der Waals surface area (Å²) in [6.07, 6.45) is 0. The topological polar surface area (TPSA) is 53.0 Å². The second-order valence-corrected chi connectivity index (χ2v) is 3.10. The first kappa shape index (κ1) is 7.48. The Morgan fingerprint density at radius 3 is 3.08 bits per heavy atom. The zero-order chi connectivity index (χ0) is 8.72. The van der Waals surface area contributed by atoms with Gasteiger partial charge in [-0.15, -0.1) is 0 Å². The van der Waals surface area contributed by atoms with Crippen molar-refractivity contribution in [3.8, 4) is 0 Å². The molecular formula is C6H2BrFN2O2. The van der Waals surface area contributed by atoms with Gasteiger partial charge in [-0.1, -0.05) is 15.9 Å². The molecule has 0 saturated heterocycles. The summed E-state index contributed by atoms with van der Waals surface area (Å²) in [5.74, 6) is -0.657. The second-order valence-electron chi connectivity index (χ2n) is 2.19. The van der Waals surface area contributed by atoms with Crippen molar-refractivity contribution in [2.45, 2.75) is 0 Å². The van der Waals surface area contributed by atoms with Crippen LogP contribution in [-0.2, 0) is 0 Å². The predicted octanol–water partition coefficient (Wildman–Crippen LogP) is 1.36. The number of halogens is 2. The number of benzene rings is 1. The summed E-state index contributed by atoms with van der Waals surface area (Å²) >= 11 is 3.06. The fourth-order valence-corrected chi connectivity index (χ4v) is 1.34. The van der Waals surface area contributed by atoms with Crippen molar-refractivity contribution in [1.29, 1.82) is 0 Å². The molecule has 1 aromatic heterocycles. The molecule has 1 heterocycles. The molecule has 0 unspecified atom stereocenters. The van der Waals surface area contributed by atoms with E-state index in [0.29, 0.717) is 4.47 Å². The lowest BCUT2D eigenvalue weighted by Gasteiger charge is -1.89. The van der Waals surface area contributed by atoms with E-state index >= 15 is 0 Å². The minimum Gasteiger partial charge on any atom is -0.359 e. The van der Waals surface area contributed by atoms with Crippen LogP contribution in [0.25, 0.3) is 11.0 Å². The van der Waals surface area contributed by atoms with Gasteiger partial charge < -0.3 is 5.21 Å². The highest BCUT2D eigenvalue weighted by Gasteiger charge is 2.15. The SMILES string of the molecule is [O-][n+]1onc2cc(Br)cc(F)c21. The highest BCUT2D eigenvalue weighted by molar-refractivity contribution is 9.10. The summed E-state index contributed by atoms with van der Waals surface area (Å²) in [5, 5.41) is 14.1. The quantitative estimate of drug-likeness (QED) is 0.645. The Hall–Kier alpha value is -1.17. The number of hydrogen-bond acceptors (Lipinski definition) is 3. The van der Waals surface area contributed by atoms with Gasteiger partial charge in [0.05, 0.1) is 0 Å². The van der Waals surface area contributed by atoms with Crippen molar-refractivity contribution in [3.05, 3.63) is 27.6 Å². The minimum absolute atomic E-state index is 0.0388. The van der Waals surface area contributed by atoms with Gasteiger partial charge in [-0.3, -0.25) is 4.63 Å². The lowest BCUT2D eigenvalue weighted by atomic mass is 10.3. The molecule has 0 aliphatic rings. The third-order valence-corrected chi connectivity index (χ3v) is 1.86. The Bertz CT molecular complexity index is 442. The van der Waals surface area contributed by atoms with E-state index in [1.807, 2.05) is 0 Å². The molecule has 62 valence electrons. The molecule has 0 aliphatic heterocycles. The van der Waals surface area contributed by atoms with E-state index < -0.39 is 5.82 Å². The van der Waals surface area contributed by atoms with E-state index in [0.717, 1.165) is 0 Å². The summed E-state index contributed by atoms with van der Waals surface area (Å²) in [4.78, 5) is 0.0388.